The van der Waals surface area contributed by atoms with Crippen LogP contribution in [-0.2, 0) is 0 Å². The predicted octanol–water partition coefficient (Wildman–Crippen LogP) is 2.89. The van der Waals surface area contributed by atoms with Crippen LogP contribution in [0.2, 0.25) is 0 Å². The Balaban J connectivity index is 1.28. The molecule has 3 aromatic rings. The number of anilines is 1. The van der Waals surface area contributed by atoms with Gasteiger partial charge in [0.05, 0.1) is 18.5 Å². The van der Waals surface area contributed by atoms with Crippen LogP contribution in [0.3, 0.4) is 0 Å². The fourth-order valence-corrected chi connectivity index (χ4v) is 3.94. The van der Waals surface area contributed by atoms with E-state index < -0.39 is 0 Å². The van der Waals surface area contributed by atoms with E-state index in [-0.39, 0.29) is 5.75 Å². The van der Waals surface area contributed by atoms with E-state index in [9.17, 15) is 5.11 Å². The molecule has 160 valence electrons. The van der Waals surface area contributed by atoms with Gasteiger partial charge in [-0.05, 0) is 56.0 Å². The molecule has 2 N–H and O–H groups in total. The minimum Gasteiger partial charge on any atom is -0.507 e. The van der Waals surface area contributed by atoms with Crippen LogP contribution in [0.4, 0.5) is 5.82 Å². The van der Waals surface area contributed by atoms with Crippen molar-refractivity contribution in [1.82, 2.24) is 25.5 Å². The molecule has 5 rings (SSSR count). The second-order valence-electron chi connectivity index (χ2n) is 8.24. The highest BCUT2D eigenvalue weighted by atomic mass is 16.5. The maximum absolute atomic E-state index is 10.6. The van der Waals surface area contributed by atoms with Crippen LogP contribution in [0, 0.1) is 5.92 Å². The number of phenols is 1. The molecule has 1 saturated carbocycles. The van der Waals surface area contributed by atoms with Crippen molar-refractivity contribution in [3.05, 3.63) is 42.7 Å². The first kappa shape index (κ1) is 19.7. The highest BCUT2D eigenvalue weighted by molar-refractivity contribution is 5.73. The number of aromatic hydroxyl groups is 1. The quantitative estimate of drug-likeness (QED) is 0.605. The first-order valence-corrected chi connectivity index (χ1v) is 10.7. The topological polar surface area (TPSA) is 96.3 Å². The zero-order valence-corrected chi connectivity index (χ0v) is 17.5. The molecule has 1 aliphatic heterocycles. The number of methoxy groups -OCH3 is 1. The van der Waals surface area contributed by atoms with E-state index in [1.165, 1.54) is 19.2 Å². The minimum absolute atomic E-state index is 0.127. The van der Waals surface area contributed by atoms with Gasteiger partial charge in [0.1, 0.15) is 12.1 Å². The van der Waals surface area contributed by atoms with Gasteiger partial charge in [-0.25, -0.2) is 9.97 Å². The molecular weight excluding hydrogens is 392 g/mol. The standard InChI is InChI=1S/C23H26N6O2/c1-31-23-11-20(25-14-26-23)16-4-5-18(21(30)10-16)19-6-7-22(28-27-19)29-9-8-17(13-29)24-12-15-2-3-15/h4-7,10-11,14-15,17,24,30H,2-3,8-9,12-13H2,1H3/t17-/m1/s1. The van der Waals surface area contributed by atoms with E-state index >= 15 is 0 Å². The molecule has 0 amide bonds. The van der Waals surface area contributed by atoms with Gasteiger partial charge in [0, 0.05) is 36.3 Å². The van der Waals surface area contributed by atoms with Crippen molar-refractivity contribution < 1.29 is 9.84 Å². The highest BCUT2D eigenvalue weighted by Crippen LogP contribution is 2.33. The summed E-state index contributed by atoms with van der Waals surface area (Å²) in [5.74, 6) is 2.37. The summed E-state index contributed by atoms with van der Waals surface area (Å²) in [7, 11) is 1.56. The van der Waals surface area contributed by atoms with Gasteiger partial charge in [0.2, 0.25) is 5.88 Å². The average molecular weight is 419 g/mol. The Bertz CT molecular complexity index is 1050. The van der Waals surface area contributed by atoms with Crippen LogP contribution in [0.5, 0.6) is 11.6 Å². The molecule has 3 heterocycles. The lowest BCUT2D eigenvalue weighted by Gasteiger charge is -2.17. The van der Waals surface area contributed by atoms with Gasteiger partial charge >= 0.3 is 0 Å². The van der Waals surface area contributed by atoms with Gasteiger partial charge in [-0.2, -0.15) is 0 Å². The summed E-state index contributed by atoms with van der Waals surface area (Å²) in [6, 6.07) is 11.5. The first-order chi connectivity index (χ1) is 15.2. The normalized spacial score (nSPS) is 18.4. The van der Waals surface area contributed by atoms with Crippen molar-refractivity contribution in [2.45, 2.75) is 25.3 Å². The third-order valence-corrected chi connectivity index (χ3v) is 5.98. The van der Waals surface area contributed by atoms with E-state index in [0.29, 0.717) is 28.9 Å². The van der Waals surface area contributed by atoms with Crippen molar-refractivity contribution in [3.63, 3.8) is 0 Å². The molecule has 2 aliphatic rings. The van der Waals surface area contributed by atoms with Crippen LogP contribution in [-0.4, -0.2) is 58.1 Å². The number of nitrogens with zero attached hydrogens (tertiary/aromatic N) is 5. The number of benzene rings is 1. The van der Waals surface area contributed by atoms with Gasteiger partial charge < -0.3 is 20.1 Å². The van der Waals surface area contributed by atoms with Crippen molar-refractivity contribution in [1.29, 1.82) is 0 Å². The van der Waals surface area contributed by atoms with Crippen molar-refractivity contribution >= 4 is 5.82 Å². The number of hydrogen-bond acceptors (Lipinski definition) is 8. The van der Waals surface area contributed by atoms with Gasteiger partial charge in [0.15, 0.2) is 5.82 Å². The summed E-state index contributed by atoms with van der Waals surface area (Å²) in [6.45, 7) is 3.09. The average Bonchev–Trinajstić information content (AvgIpc) is 3.53. The lowest BCUT2D eigenvalue weighted by molar-refractivity contribution is 0.397. The van der Waals surface area contributed by atoms with Crippen LogP contribution in [0.15, 0.2) is 42.7 Å². The van der Waals surface area contributed by atoms with E-state index in [4.69, 9.17) is 4.74 Å². The fourth-order valence-electron chi connectivity index (χ4n) is 3.94. The van der Waals surface area contributed by atoms with Crippen molar-refractivity contribution in [2.24, 2.45) is 5.92 Å². The summed E-state index contributed by atoms with van der Waals surface area (Å²) in [5.41, 5.74) is 2.72. The van der Waals surface area contributed by atoms with E-state index in [0.717, 1.165) is 43.4 Å². The SMILES string of the molecule is COc1cc(-c2ccc(-c3ccc(N4CC[C@@H](NCC5CC5)C4)nn3)c(O)c2)ncn1. The van der Waals surface area contributed by atoms with Gasteiger partial charge in [-0.3, -0.25) is 0 Å². The zero-order valence-electron chi connectivity index (χ0n) is 17.5. The fraction of sp³-hybridized carbons (Fsp3) is 0.391. The lowest BCUT2D eigenvalue weighted by Crippen LogP contribution is -2.34. The van der Waals surface area contributed by atoms with Crippen molar-refractivity contribution in [2.75, 3.05) is 31.6 Å². The number of ether oxygens (including phenoxy) is 1. The van der Waals surface area contributed by atoms with Crippen LogP contribution in [0.25, 0.3) is 22.5 Å². The Kier molecular flexibility index (Phi) is 5.38. The maximum atomic E-state index is 10.6. The molecule has 1 saturated heterocycles. The summed E-state index contributed by atoms with van der Waals surface area (Å²) in [5, 5.41) is 23.1. The number of rotatable bonds is 7. The molecule has 8 heteroatoms. The Morgan fingerprint density at radius 3 is 2.71 bits per heavy atom. The van der Waals surface area contributed by atoms with Crippen LogP contribution >= 0.6 is 0 Å². The smallest absolute Gasteiger partial charge is 0.216 e. The third-order valence-electron chi connectivity index (χ3n) is 5.98. The summed E-state index contributed by atoms with van der Waals surface area (Å²) in [6.07, 6.45) is 5.31. The highest BCUT2D eigenvalue weighted by Gasteiger charge is 2.27. The Morgan fingerprint density at radius 1 is 1.06 bits per heavy atom. The molecule has 0 radical (unpaired) electrons. The molecule has 8 nitrogen and oxygen atoms in total. The van der Waals surface area contributed by atoms with Gasteiger partial charge in [-0.15, -0.1) is 10.2 Å². The van der Waals surface area contributed by atoms with Crippen molar-refractivity contribution in [3.8, 4) is 34.1 Å². The molecule has 31 heavy (non-hydrogen) atoms. The van der Waals surface area contributed by atoms with E-state index in [2.05, 4.69) is 30.4 Å². The molecular formula is C23H26N6O2. The summed E-state index contributed by atoms with van der Waals surface area (Å²) in [4.78, 5) is 10.5. The predicted molar refractivity (Wildman–Crippen MR) is 118 cm³/mol. The molecule has 1 atom stereocenters. The molecule has 1 aliphatic carbocycles. The molecule has 2 fully saturated rings. The minimum atomic E-state index is 0.127. The summed E-state index contributed by atoms with van der Waals surface area (Å²) < 4.78 is 5.15. The molecule has 0 unspecified atom stereocenters. The lowest BCUT2D eigenvalue weighted by atomic mass is 10.1. The monoisotopic (exact) mass is 418 g/mol. The summed E-state index contributed by atoms with van der Waals surface area (Å²) >= 11 is 0. The maximum Gasteiger partial charge on any atom is 0.216 e. The van der Waals surface area contributed by atoms with E-state index in [1.807, 2.05) is 24.3 Å². The molecule has 1 aromatic carbocycles. The Morgan fingerprint density at radius 2 is 1.97 bits per heavy atom. The second kappa shape index (κ2) is 8.47. The zero-order chi connectivity index (χ0) is 21.2. The van der Waals surface area contributed by atoms with Gasteiger partial charge in [0.25, 0.3) is 0 Å². The van der Waals surface area contributed by atoms with E-state index in [1.54, 1.807) is 19.2 Å². The second-order valence-corrected chi connectivity index (χ2v) is 8.24. The number of hydrogen-bond donors (Lipinski definition) is 2. The number of phenolic OH excluding ortho intramolecular Hbond substituents is 1. The van der Waals surface area contributed by atoms with Gasteiger partial charge in [-0.1, -0.05) is 6.07 Å². The van der Waals surface area contributed by atoms with Crippen LogP contribution in [0.1, 0.15) is 19.3 Å². The number of nitrogens with one attached hydrogen (secondary N) is 1. The Hall–Kier alpha value is -3.26. The first-order valence-electron chi connectivity index (χ1n) is 10.7. The van der Waals surface area contributed by atoms with Crippen LogP contribution < -0.4 is 15.0 Å². The Labute approximate surface area is 181 Å². The largest absolute Gasteiger partial charge is 0.507 e. The third kappa shape index (κ3) is 4.44. The number of aromatic nitrogens is 4. The molecule has 2 aromatic heterocycles. The molecule has 0 spiro atoms. The molecule has 0 bridgehead atoms.